The SMILES string of the molecule is FC(F)(F)COc1cnc(-c2ccccc2)nc1. The van der Waals surface area contributed by atoms with Gasteiger partial charge >= 0.3 is 6.18 Å². The van der Waals surface area contributed by atoms with Crippen molar-refractivity contribution in [3.8, 4) is 17.1 Å². The molecule has 1 aromatic carbocycles. The molecule has 0 atom stereocenters. The molecule has 0 bridgehead atoms. The van der Waals surface area contributed by atoms with Gasteiger partial charge in [0.15, 0.2) is 18.2 Å². The zero-order chi connectivity index (χ0) is 13.0. The average molecular weight is 254 g/mol. The predicted molar refractivity (Wildman–Crippen MR) is 59.0 cm³/mol. The Bertz CT molecular complexity index is 497. The van der Waals surface area contributed by atoms with Gasteiger partial charge in [0.1, 0.15) is 0 Å². The monoisotopic (exact) mass is 254 g/mol. The first-order valence-corrected chi connectivity index (χ1v) is 5.11. The first kappa shape index (κ1) is 12.3. The Morgan fingerprint density at radius 3 is 2.17 bits per heavy atom. The number of aromatic nitrogens is 2. The van der Waals surface area contributed by atoms with Crippen LogP contribution in [0.5, 0.6) is 5.75 Å². The highest BCUT2D eigenvalue weighted by atomic mass is 19.4. The number of rotatable bonds is 3. The summed E-state index contributed by atoms with van der Waals surface area (Å²) in [5.41, 5.74) is 0.792. The first-order chi connectivity index (χ1) is 8.54. The summed E-state index contributed by atoms with van der Waals surface area (Å²) in [5.74, 6) is 0.432. The molecule has 0 unspecified atom stereocenters. The van der Waals surface area contributed by atoms with Crippen molar-refractivity contribution < 1.29 is 17.9 Å². The molecule has 94 valence electrons. The summed E-state index contributed by atoms with van der Waals surface area (Å²) in [6.45, 7) is -1.35. The van der Waals surface area contributed by atoms with E-state index in [4.69, 9.17) is 0 Å². The van der Waals surface area contributed by atoms with Crippen molar-refractivity contribution in [2.24, 2.45) is 0 Å². The summed E-state index contributed by atoms with van der Waals surface area (Å²) in [7, 11) is 0. The van der Waals surface area contributed by atoms with Crippen molar-refractivity contribution in [1.82, 2.24) is 9.97 Å². The van der Waals surface area contributed by atoms with Gasteiger partial charge in [0.05, 0.1) is 12.4 Å². The van der Waals surface area contributed by atoms with E-state index in [1.165, 1.54) is 12.4 Å². The standard InChI is InChI=1S/C12H9F3N2O/c13-12(14,15)8-18-10-6-16-11(17-7-10)9-4-2-1-3-5-9/h1-7H,8H2. The first-order valence-electron chi connectivity index (χ1n) is 5.11. The van der Waals surface area contributed by atoms with Gasteiger partial charge < -0.3 is 4.74 Å². The van der Waals surface area contributed by atoms with E-state index in [1.54, 1.807) is 0 Å². The zero-order valence-corrected chi connectivity index (χ0v) is 9.19. The molecule has 0 aliphatic heterocycles. The lowest BCUT2D eigenvalue weighted by Crippen LogP contribution is -2.19. The molecule has 6 heteroatoms. The fourth-order valence-electron chi connectivity index (χ4n) is 1.29. The minimum atomic E-state index is -4.36. The predicted octanol–water partition coefficient (Wildman–Crippen LogP) is 3.08. The molecule has 2 rings (SSSR count). The van der Waals surface area contributed by atoms with Gasteiger partial charge in [-0.3, -0.25) is 0 Å². The molecule has 0 fully saturated rings. The molecule has 0 saturated heterocycles. The van der Waals surface area contributed by atoms with Gasteiger partial charge in [-0.05, 0) is 0 Å². The lowest BCUT2D eigenvalue weighted by molar-refractivity contribution is -0.153. The third kappa shape index (κ3) is 3.44. The second-order valence-electron chi connectivity index (χ2n) is 3.51. The largest absolute Gasteiger partial charge is 0.481 e. The van der Waals surface area contributed by atoms with Crippen LogP contribution in [0.4, 0.5) is 13.2 Å². The number of alkyl halides is 3. The van der Waals surface area contributed by atoms with Gasteiger partial charge in [0, 0.05) is 5.56 Å². The Morgan fingerprint density at radius 2 is 1.61 bits per heavy atom. The second-order valence-corrected chi connectivity index (χ2v) is 3.51. The molecule has 0 amide bonds. The number of halogens is 3. The molecule has 18 heavy (non-hydrogen) atoms. The summed E-state index contributed by atoms with van der Waals surface area (Å²) in [5, 5.41) is 0. The number of ether oxygens (including phenoxy) is 1. The van der Waals surface area contributed by atoms with Crippen LogP contribution in [0.15, 0.2) is 42.7 Å². The molecule has 0 radical (unpaired) electrons. The average Bonchev–Trinajstić information content (AvgIpc) is 2.37. The summed E-state index contributed by atoms with van der Waals surface area (Å²) >= 11 is 0. The Balaban J connectivity index is 2.07. The fraction of sp³-hybridized carbons (Fsp3) is 0.167. The van der Waals surface area contributed by atoms with Gasteiger partial charge in [0.2, 0.25) is 0 Å². The van der Waals surface area contributed by atoms with Gasteiger partial charge in [-0.15, -0.1) is 0 Å². The maximum absolute atomic E-state index is 11.9. The van der Waals surface area contributed by atoms with Crippen LogP contribution >= 0.6 is 0 Å². The molecule has 0 saturated carbocycles. The van der Waals surface area contributed by atoms with E-state index in [0.717, 1.165) is 5.56 Å². The highest BCUT2D eigenvalue weighted by Gasteiger charge is 2.28. The highest BCUT2D eigenvalue weighted by molar-refractivity contribution is 5.54. The molecule has 1 heterocycles. The molecule has 2 aromatic rings. The van der Waals surface area contributed by atoms with Crippen LogP contribution in [-0.4, -0.2) is 22.8 Å². The number of benzene rings is 1. The Hall–Kier alpha value is -2.11. The number of nitrogens with zero attached hydrogens (tertiary/aromatic N) is 2. The van der Waals surface area contributed by atoms with E-state index in [9.17, 15) is 13.2 Å². The van der Waals surface area contributed by atoms with Crippen molar-refractivity contribution in [2.45, 2.75) is 6.18 Å². The molecular weight excluding hydrogens is 245 g/mol. The number of hydrogen-bond donors (Lipinski definition) is 0. The molecular formula is C12H9F3N2O. The van der Waals surface area contributed by atoms with Crippen LogP contribution < -0.4 is 4.74 Å². The zero-order valence-electron chi connectivity index (χ0n) is 9.19. The molecule has 0 spiro atoms. The van der Waals surface area contributed by atoms with Gasteiger partial charge in [0.25, 0.3) is 0 Å². The normalized spacial score (nSPS) is 11.3. The van der Waals surface area contributed by atoms with Gasteiger partial charge in [-0.25, -0.2) is 9.97 Å². The Kier molecular flexibility index (Phi) is 3.45. The second kappa shape index (κ2) is 5.03. The maximum Gasteiger partial charge on any atom is 0.422 e. The third-order valence-corrected chi connectivity index (χ3v) is 2.06. The van der Waals surface area contributed by atoms with Crippen LogP contribution in [-0.2, 0) is 0 Å². The van der Waals surface area contributed by atoms with Crippen LogP contribution in [0.25, 0.3) is 11.4 Å². The summed E-state index contributed by atoms with van der Waals surface area (Å²) in [6.07, 6.45) is -1.92. The van der Waals surface area contributed by atoms with E-state index >= 15 is 0 Å². The molecule has 0 aliphatic rings. The van der Waals surface area contributed by atoms with Gasteiger partial charge in [-0.1, -0.05) is 30.3 Å². The van der Waals surface area contributed by atoms with Crippen LogP contribution in [0.2, 0.25) is 0 Å². The van der Waals surface area contributed by atoms with E-state index in [0.29, 0.717) is 5.82 Å². The topological polar surface area (TPSA) is 35.0 Å². The minimum Gasteiger partial charge on any atom is -0.481 e. The van der Waals surface area contributed by atoms with Crippen molar-refractivity contribution in [3.05, 3.63) is 42.7 Å². The summed E-state index contributed by atoms with van der Waals surface area (Å²) in [4.78, 5) is 7.89. The molecule has 1 aromatic heterocycles. The van der Waals surface area contributed by atoms with Crippen molar-refractivity contribution >= 4 is 0 Å². The lowest BCUT2D eigenvalue weighted by atomic mass is 10.2. The van der Waals surface area contributed by atoms with E-state index < -0.39 is 12.8 Å². The quantitative estimate of drug-likeness (QED) is 0.844. The lowest BCUT2D eigenvalue weighted by Gasteiger charge is -2.08. The third-order valence-electron chi connectivity index (χ3n) is 2.06. The van der Waals surface area contributed by atoms with Gasteiger partial charge in [-0.2, -0.15) is 13.2 Å². The number of hydrogen-bond acceptors (Lipinski definition) is 3. The fourth-order valence-corrected chi connectivity index (χ4v) is 1.29. The van der Waals surface area contributed by atoms with Crippen molar-refractivity contribution in [1.29, 1.82) is 0 Å². The summed E-state index contributed by atoms with van der Waals surface area (Å²) in [6, 6.07) is 9.13. The van der Waals surface area contributed by atoms with Crippen molar-refractivity contribution in [3.63, 3.8) is 0 Å². The van der Waals surface area contributed by atoms with E-state index in [1.807, 2.05) is 30.3 Å². The Labute approximate surface area is 101 Å². The summed E-state index contributed by atoms with van der Waals surface area (Å²) < 4.78 is 40.3. The van der Waals surface area contributed by atoms with Crippen molar-refractivity contribution in [2.75, 3.05) is 6.61 Å². The Morgan fingerprint density at radius 1 is 1.00 bits per heavy atom. The van der Waals surface area contributed by atoms with Crippen LogP contribution in [0.3, 0.4) is 0 Å². The van der Waals surface area contributed by atoms with Crippen LogP contribution in [0.1, 0.15) is 0 Å². The van der Waals surface area contributed by atoms with E-state index in [-0.39, 0.29) is 5.75 Å². The molecule has 0 N–H and O–H groups in total. The maximum atomic E-state index is 11.9. The van der Waals surface area contributed by atoms with Crippen LogP contribution in [0, 0.1) is 0 Å². The smallest absolute Gasteiger partial charge is 0.422 e. The van der Waals surface area contributed by atoms with E-state index in [2.05, 4.69) is 14.7 Å². The molecule has 0 aliphatic carbocycles. The minimum absolute atomic E-state index is 0.00740. The molecule has 3 nitrogen and oxygen atoms in total. The highest BCUT2D eigenvalue weighted by Crippen LogP contribution is 2.19.